The van der Waals surface area contributed by atoms with Crippen LogP contribution in [-0.4, -0.2) is 41.7 Å². The normalized spacial score (nSPS) is 11.5. The lowest BCUT2D eigenvalue weighted by atomic mass is 10.1. The van der Waals surface area contributed by atoms with Crippen LogP contribution >= 0.6 is 0 Å². The number of likely N-dealkylation sites (N-methyl/N-ethyl adjacent to an activating group) is 1. The Morgan fingerprint density at radius 1 is 1.00 bits per heavy atom. The first-order chi connectivity index (χ1) is 12.2. The summed E-state index contributed by atoms with van der Waals surface area (Å²) in [6.07, 6.45) is 0. The minimum atomic E-state index is -0.248. The third-order valence-corrected chi connectivity index (χ3v) is 4.86. The van der Waals surface area contributed by atoms with Gasteiger partial charge < -0.3 is 14.2 Å². The molecule has 1 aromatic heterocycles. The van der Waals surface area contributed by atoms with Crippen LogP contribution in [0.2, 0.25) is 0 Å². The summed E-state index contributed by atoms with van der Waals surface area (Å²) < 4.78 is 7.75. The summed E-state index contributed by atoms with van der Waals surface area (Å²) in [6.45, 7) is 10.4. The fourth-order valence-electron chi connectivity index (χ4n) is 3.41. The Morgan fingerprint density at radius 3 is 2.44 bits per heavy atom. The van der Waals surface area contributed by atoms with E-state index in [2.05, 4.69) is 48.4 Å². The molecule has 0 radical (unpaired) electrons. The van der Waals surface area contributed by atoms with Crippen LogP contribution in [0.5, 0.6) is 0 Å². The van der Waals surface area contributed by atoms with Crippen LogP contribution in [0.25, 0.3) is 21.8 Å². The van der Waals surface area contributed by atoms with Gasteiger partial charge in [-0.1, -0.05) is 32.0 Å². The minimum absolute atomic E-state index is 0.248. The molecule has 0 amide bonds. The van der Waals surface area contributed by atoms with Crippen molar-refractivity contribution in [2.45, 2.75) is 27.3 Å². The second-order valence-corrected chi connectivity index (χ2v) is 6.16. The van der Waals surface area contributed by atoms with E-state index in [-0.39, 0.29) is 5.97 Å². The summed E-state index contributed by atoms with van der Waals surface area (Å²) in [5.41, 5.74) is 2.97. The summed E-state index contributed by atoms with van der Waals surface area (Å²) in [5.74, 6) is -0.248. The van der Waals surface area contributed by atoms with Crippen LogP contribution in [0.15, 0.2) is 42.5 Å². The molecule has 25 heavy (non-hydrogen) atoms. The number of hydrogen-bond donors (Lipinski definition) is 0. The number of aryl methyl sites for hydroxylation is 1. The molecule has 0 saturated heterocycles. The van der Waals surface area contributed by atoms with E-state index < -0.39 is 0 Å². The average molecular weight is 338 g/mol. The molecule has 3 aromatic rings. The third-order valence-electron chi connectivity index (χ3n) is 4.86. The molecule has 0 atom stereocenters. The first-order valence-corrected chi connectivity index (χ1v) is 9.10. The Balaban J connectivity index is 1.86. The highest BCUT2D eigenvalue weighted by atomic mass is 16.5. The van der Waals surface area contributed by atoms with Gasteiger partial charge in [0.05, 0.1) is 5.56 Å². The van der Waals surface area contributed by atoms with Gasteiger partial charge >= 0.3 is 5.97 Å². The van der Waals surface area contributed by atoms with E-state index in [9.17, 15) is 4.79 Å². The van der Waals surface area contributed by atoms with Gasteiger partial charge in [-0.25, -0.2) is 4.79 Å². The van der Waals surface area contributed by atoms with Crippen molar-refractivity contribution in [2.75, 3.05) is 26.2 Å². The summed E-state index contributed by atoms with van der Waals surface area (Å²) in [7, 11) is 0. The molecule has 3 rings (SSSR count). The standard InChI is InChI=1S/C21H26N2O2/c1-4-22(5-2)13-14-25-21(24)16-11-12-20-18(15-16)17-9-7-8-10-19(17)23(20)6-3/h7-12,15H,4-6,13-14H2,1-3H3. The van der Waals surface area contributed by atoms with E-state index >= 15 is 0 Å². The number of esters is 1. The Kier molecular flexibility index (Phi) is 5.39. The summed E-state index contributed by atoms with van der Waals surface area (Å²) >= 11 is 0. The number of carbonyl (C=O) groups is 1. The van der Waals surface area contributed by atoms with Crippen molar-refractivity contribution in [3.8, 4) is 0 Å². The molecule has 0 aliphatic heterocycles. The van der Waals surface area contributed by atoms with Crippen LogP contribution in [0.1, 0.15) is 31.1 Å². The second kappa shape index (κ2) is 7.70. The molecule has 0 saturated carbocycles. The molecular weight excluding hydrogens is 312 g/mol. The monoisotopic (exact) mass is 338 g/mol. The van der Waals surface area contributed by atoms with Crippen molar-refractivity contribution in [3.05, 3.63) is 48.0 Å². The molecule has 0 fully saturated rings. The molecule has 0 unspecified atom stereocenters. The maximum Gasteiger partial charge on any atom is 0.338 e. The number of aromatic nitrogens is 1. The molecule has 0 spiro atoms. The lowest BCUT2D eigenvalue weighted by Crippen LogP contribution is -2.27. The summed E-state index contributed by atoms with van der Waals surface area (Å²) in [5, 5.41) is 2.28. The second-order valence-electron chi connectivity index (χ2n) is 6.16. The van der Waals surface area contributed by atoms with Crippen molar-refractivity contribution in [1.29, 1.82) is 0 Å². The number of para-hydroxylation sites is 1. The van der Waals surface area contributed by atoms with E-state index in [1.807, 2.05) is 24.3 Å². The van der Waals surface area contributed by atoms with E-state index in [1.54, 1.807) is 0 Å². The maximum absolute atomic E-state index is 12.4. The van der Waals surface area contributed by atoms with E-state index in [4.69, 9.17) is 4.74 Å². The molecule has 4 nitrogen and oxygen atoms in total. The van der Waals surface area contributed by atoms with Gasteiger partial charge in [0.2, 0.25) is 0 Å². The van der Waals surface area contributed by atoms with Gasteiger partial charge in [0, 0.05) is 34.9 Å². The van der Waals surface area contributed by atoms with Crippen LogP contribution in [0.4, 0.5) is 0 Å². The molecule has 132 valence electrons. The largest absolute Gasteiger partial charge is 0.461 e. The number of hydrogen-bond acceptors (Lipinski definition) is 3. The maximum atomic E-state index is 12.4. The van der Waals surface area contributed by atoms with Crippen LogP contribution < -0.4 is 0 Å². The molecular formula is C21H26N2O2. The van der Waals surface area contributed by atoms with Gasteiger partial charge in [-0.05, 0) is 44.3 Å². The summed E-state index contributed by atoms with van der Waals surface area (Å²) in [6, 6.07) is 14.2. The van der Waals surface area contributed by atoms with Crippen molar-refractivity contribution in [2.24, 2.45) is 0 Å². The number of rotatable bonds is 7. The van der Waals surface area contributed by atoms with Crippen LogP contribution in [-0.2, 0) is 11.3 Å². The SMILES string of the molecule is CCN(CC)CCOC(=O)c1ccc2c(c1)c1ccccc1n2CC. The number of nitrogens with zero attached hydrogens (tertiary/aromatic N) is 2. The zero-order valence-corrected chi connectivity index (χ0v) is 15.3. The number of carbonyl (C=O) groups excluding carboxylic acids is 1. The fourth-order valence-corrected chi connectivity index (χ4v) is 3.41. The Labute approximate surface area is 149 Å². The zero-order chi connectivity index (χ0) is 17.8. The van der Waals surface area contributed by atoms with Gasteiger partial charge in [0.15, 0.2) is 0 Å². The quantitative estimate of drug-likeness (QED) is 0.602. The number of benzene rings is 2. The number of ether oxygens (including phenoxy) is 1. The predicted molar refractivity (Wildman–Crippen MR) is 103 cm³/mol. The molecule has 1 heterocycles. The van der Waals surface area contributed by atoms with Gasteiger partial charge in [-0.3, -0.25) is 0 Å². The minimum Gasteiger partial charge on any atom is -0.461 e. The molecule has 0 N–H and O–H groups in total. The molecule has 0 aliphatic rings. The Hall–Kier alpha value is -2.33. The van der Waals surface area contributed by atoms with Gasteiger partial charge in [-0.2, -0.15) is 0 Å². The molecule has 0 bridgehead atoms. The number of fused-ring (bicyclic) bond motifs is 3. The lowest BCUT2D eigenvalue weighted by Gasteiger charge is -2.17. The van der Waals surface area contributed by atoms with Crippen molar-refractivity contribution in [1.82, 2.24) is 9.47 Å². The van der Waals surface area contributed by atoms with Crippen LogP contribution in [0, 0.1) is 0 Å². The Bertz CT molecular complexity index is 878. The molecule has 4 heteroatoms. The predicted octanol–water partition coefficient (Wildman–Crippen LogP) is 4.31. The first-order valence-electron chi connectivity index (χ1n) is 9.10. The van der Waals surface area contributed by atoms with Crippen molar-refractivity contribution >= 4 is 27.8 Å². The first kappa shape index (κ1) is 17.5. The highest BCUT2D eigenvalue weighted by Crippen LogP contribution is 2.29. The van der Waals surface area contributed by atoms with Crippen LogP contribution in [0.3, 0.4) is 0 Å². The highest BCUT2D eigenvalue weighted by molar-refractivity contribution is 6.10. The van der Waals surface area contributed by atoms with Crippen molar-refractivity contribution in [3.63, 3.8) is 0 Å². The summed E-state index contributed by atoms with van der Waals surface area (Å²) in [4.78, 5) is 14.7. The van der Waals surface area contributed by atoms with Gasteiger partial charge in [-0.15, -0.1) is 0 Å². The lowest BCUT2D eigenvalue weighted by molar-refractivity contribution is 0.0466. The van der Waals surface area contributed by atoms with E-state index in [0.29, 0.717) is 12.2 Å². The highest BCUT2D eigenvalue weighted by Gasteiger charge is 2.13. The zero-order valence-electron chi connectivity index (χ0n) is 15.3. The molecule has 2 aromatic carbocycles. The van der Waals surface area contributed by atoms with Crippen molar-refractivity contribution < 1.29 is 9.53 Å². The smallest absolute Gasteiger partial charge is 0.338 e. The van der Waals surface area contributed by atoms with Gasteiger partial charge in [0.1, 0.15) is 6.61 Å². The Morgan fingerprint density at radius 2 is 1.72 bits per heavy atom. The molecule has 0 aliphatic carbocycles. The third kappa shape index (κ3) is 3.40. The van der Waals surface area contributed by atoms with E-state index in [1.165, 1.54) is 10.9 Å². The average Bonchev–Trinajstić information content (AvgIpc) is 2.98. The van der Waals surface area contributed by atoms with Gasteiger partial charge in [0.25, 0.3) is 0 Å². The van der Waals surface area contributed by atoms with E-state index in [0.717, 1.165) is 37.1 Å². The fraction of sp³-hybridized carbons (Fsp3) is 0.381. The topological polar surface area (TPSA) is 34.5 Å².